The van der Waals surface area contributed by atoms with Crippen LogP contribution in [0.3, 0.4) is 0 Å². The van der Waals surface area contributed by atoms with Crippen LogP contribution in [0.25, 0.3) is 0 Å². The number of hydrogen-bond donors (Lipinski definition) is 1. The standard InChI is InChI=1S/C10H20N2/c11-5-4-10-7-12(8-10)6-9-2-1-3-9/h9-10H,1-8,11H2. The molecule has 12 heavy (non-hydrogen) atoms. The molecule has 0 amide bonds. The minimum Gasteiger partial charge on any atom is -0.330 e. The van der Waals surface area contributed by atoms with Gasteiger partial charge in [-0.05, 0) is 37.6 Å². The zero-order valence-electron chi connectivity index (χ0n) is 7.84. The summed E-state index contributed by atoms with van der Waals surface area (Å²) in [5.74, 6) is 1.97. The van der Waals surface area contributed by atoms with E-state index in [1.807, 2.05) is 0 Å². The molecule has 2 heteroatoms. The van der Waals surface area contributed by atoms with E-state index in [0.717, 1.165) is 18.4 Å². The lowest BCUT2D eigenvalue weighted by atomic mass is 9.83. The van der Waals surface area contributed by atoms with Crippen molar-refractivity contribution in [2.45, 2.75) is 25.7 Å². The molecule has 1 saturated heterocycles. The molecule has 2 fully saturated rings. The molecule has 2 N–H and O–H groups in total. The van der Waals surface area contributed by atoms with Crippen molar-refractivity contribution in [2.75, 3.05) is 26.2 Å². The van der Waals surface area contributed by atoms with E-state index in [1.165, 1.54) is 45.3 Å². The monoisotopic (exact) mass is 168 g/mol. The summed E-state index contributed by atoms with van der Waals surface area (Å²) in [7, 11) is 0. The van der Waals surface area contributed by atoms with E-state index in [-0.39, 0.29) is 0 Å². The molecule has 0 atom stereocenters. The van der Waals surface area contributed by atoms with Crippen molar-refractivity contribution < 1.29 is 0 Å². The van der Waals surface area contributed by atoms with Gasteiger partial charge in [0.2, 0.25) is 0 Å². The number of nitrogens with zero attached hydrogens (tertiary/aromatic N) is 1. The van der Waals surface area contributed by atoms with Crippen molar-refractivity contribution >= 4 is 0 Å². The molecule has 70 valence electrons. The van der Waals surface area contributed by atoms with Gasteiger partial charge in [-0.3, -0.25) is 0 Å². The molecule has 1 saturated carbocycles. The third-order valence-electron chi connectivity index (χ3n) is 3.35. The molecule has 1 heterocycles. The molecule has 1 aliphatic heterocycles. The fourth-order valence-corrected chi connectivity index (χ4v) is 2.28. The zero-order valence-corrected chi connectivity index (χ0v) is 7.84. The largest absolute Gasteiger partial charge is 0.330 e. The average molecular weight is 168 g/mol. The van der Waals surface area contributed by atoms with Crippen molar-refractivity contribution in [3.05, 3.63) is 0 Å². The Labute approximate surface area is 75.1 Å². The van der Waals surface area contributed by atoms with E-state index in [1.54, 1.807) is 0 Å². The predicted octanol–water partition coefficient (Wildman–Crippen LogP) is 1.07. The molecule has 0 radical (unpaired) electrons. The van der Waals surface area contributed by atoms with Gasteiger partial charge in [-0.15, -0.1) is 0 Å². The SMILES string of the molecule is NCCC1CN(CC2CCC2)C1. The Morgan fingerprint density at radius 2 is 1.92 bits per heavy atom. The Hall–Kier alpha value is -0.0800. The Kier molecular flexibility index (Phi) is 2.66. The Morgan fingerprint density at radius 1 is 1.17 bits per heavy atom. The van der Waals surface area contributed by atoms with Gasteiger partial charge in [-0.1, -0.05) is 6.42 Å². The number of likely N-dealkylation sites (tertiary alicyclic amines) is 1. The van der Waals surface area contributed by atoms with Gasteiger partial charge in [0.15, 0.2) is 0 Å². The molecule has 2 aliphatic rings. The van der Waals surface area contributed by atoms with Crippen molar-refractivity contribution in [2.24, 2.45) is 17.6 Å². The van der Waals surface area contributed by atoms with Crippen LogP contribution in [0.2, 0.25) is 0 Å². The topological polar surface area (TPSA) is 29.3 Å². The van der Waals surface area contributed by atoms with Crippen LogP contribution in [-0.2, 0) is 0 Å². The quantitative estimate of drug-likeness (QED) is 0.680. The summed E-state index contributed by atoms with van der Waals surface area (Å²) in [6.45, 7) is 4.91. The van der Waals surface area contributed by atoms with Crippen molar-refractivity contribution in [1.82, 2.24) is 4.90 Å². The van der Waals surface area contributed by atoms with Gasteiger partial charge in [0, 0.05) is 19.6 Å². The van der Waals surface area contributed by atoms with Crippen LogP contribution in [0.5, 0.6) is 0 Å². The first-order valence-electron chi connectivity index (χ1n) is 5.31. The van der Waals surface area contributed by atoms with Crippen LogP contribution in [0.15, 0.2) is 0 Å². The molecular weight excluding hydrogens is 148 g/mol. The molecule has 0 bridgehead atoms. The molecule has 1 aliphatic carbocycles. The Bertz CT molecular complexity index is 137. The van der Waals surface area contributed by atoms with E-state index in [0.29, 0.717) is 0 Å². The fraction of sp³-hybridized carbons (Fsp3) is 1.00. The van der Waals surface area contributed by atoms with E-state index < -0.39 is 0 Å². The summed E-state index contributed by atoms with van der Waals surface area (Å²) < 4.78 is 0. The molecule has 0 aromatic heterocycles. The van der Waals surface area contributed by atoms with E-state index in [9.17, 15) is 0 Å². The first kappa shape index (κ1) is 8.52. The fourth-order valence-electron chi connectivity index (χ4n) is 2.28. The van der Waals surface area contributed by atoms with E-state index in [2.05, 4.69) is 4.90 Å². The van der Waals surface area contributed by atoms with Crippen LogP contribution >= 0.6 is 0 Å². The first-order valence-corrected chi connectivity index (χ1v) is 5.31. The number of hydrogen-bond acceptors (Lipinski definition) is 2. The van der Waals surface area contributed by atoms with Crippen LogP contribution in [-0.4, -0.2) is 31.1 Å². The highest BCUT2D eigenvalue weighted by Crippen LogP contribution is 2.29. The van der Waals surface area contributed by atoms with Crippen LogP contribution in [0.1, 0.15) is 25.7 Å². The average Bonchev–Trinajstić information content (AvgIpc) is 1.89. The van der Waals surface area contributed by atoms with E-state index in [4.69, 9.17) is 5.73 Å². The highest BCUT2D eigenvalue weighted by Gasteiger charge is 2.29. The lowest BCUT2D eigenvalue weighted by molar-refractivity contribution is 0.0606. The summed E-state index contributed by atoms with van der Waals surface area (Å²) in [6, 6.07) is 0. The normalized spacial score (nSPS) is 26.8. The second kappa shape index (κ2) is 3.75. The van der Waals surface area contributed by atoms with Crippen molar-refractivity contribution in [1.29, 1.82) is 0 Å². The van der Waals surface area contributed by atoms with Crippen LogP contribution in [0, 0.1) is 11.8 Å². The second-order valence-electron chi connectivity index (χ2n) is 4.46. The lowest BCUT2D eigenvalue weighted by Crippen LogP contribution is -2.49. The van der Waals surface area contributed by atoms with Crippen molar-refractivity contribution in [3.63, 3.8) is 0 Å². The minimum absolute atomic E-state index is 0.877. The molecule has 2 nitrogen and oxygen atoms in total. The molecular formula is C10H20N2. The Balaban J connectivity index is 1.55. The van der Waals surface area contributed by atoms with Gasteiger partial charge >= 0.3 is 0 Å². The highest BCUT2D eigenvalue weighted by atomic mass is 15.2. The zero-order chi connectivity index (χ0) is 8.39. The summed E-state index contributed by atoms with van der Waals surface area (Å²) in [5, 5.41) is 0. The molecule has 2 rings (SSSR count). The lowest BCUT2D eigenvalue weighted by Gasteiger charge is -2.43. The van der Waals surface area contributed by atoms with Crippen LogP contribution < -0.4 is 5.73 Å². The highest BCUT2D eigenvalue weighted by molar-refractivity contribution is 4.83. The van der Waals surface area contributed by atoms with Gasteiger partial charge in [0.1, 0.15) is 0 Å². The minimum atomic E-state index is 0.877. The summed E-state index contributed by atoms with van der Waals surface area (Å²) in [5.41, 5.74) is 5.50. The first-order chi connectivity index (χ1) is 5.88. The number of rotatable bonds is 4. The molecule has 0 unspecified atom stereocenters. The smallest absolute Gasteiger partial charge is 0.00226 e. The van der Waals surface area contributed by atoms with E-state index >= 15 is 0 Å². The Morgan fingerprint density at radius 3 is 2.42 bits per heavy atom. The van der Waals surface area contributed by atoms with Gasteiger partial charge in [-0.2, -0.15) is 0 Å². The molecule has 0 aromatic carbocycles. The van der Waals surface area contributed by atoms with Crippen molar-refractivity contribution in [3.8, 4) is 0 Å². The van der Waals surface area contributed by atoms with Crippen LogP contribution in [0.4, 0.5) is 0 Å². The maximum Gasteiger partial charge on any atom is 0.00226 e. The predicted molar refractivity (Wildman–Crippen MR) is 50.9 cm³/mol. The third kappa shape index (κ3) is 1.80. The molecule has 0 aromatic rings. The van der Waals surface area contributed by atoms with Gasteiger partial charge in [0.05, 0.1) is 0 Å². The summed E-state index contributed by atoms with van der Waals surface area (Å²) in [4.78, 5) is 2.60. The third-order valence-corrected chi connectivity index (χ3v) is 3.35. The maximum absolute atomic E-state index is 5.50. The molecule has 0 spiro atoms. The summed E-state index contributed by atoms with van der Waals surface area (Å²) in [6.07, 6.45) is 5.68. The van der Waals surface area contributed by atoms with Gasteiger partial charge in [0.25, 0.3) is 0 Å². The summed E-state index contributed by atoms with van der Waals surface area (Å²) >= 11 is 0. The maximum atomic E-state index is 5.50. The number of nitrogens with two attached hydrogens (primary N) is 1. The van der Waals surface area contributed by atoms with Gasteiger partial charge in [-0.25, -0.2) is 0 Å². The second-order valence-corrected chi connectivity index (χ2v) is 4.46. The van der Waals surface area contributed by atoms with Gasteiger partial charge < -0.3 is 10.6 Å².